The van der Waals surface area contributed by atoms with Crippen molar-refractivity contribution in [1.29, 1.82) is 0 Å². The molecule has 142 valence electrons. The molecule has 0 aromatic heterocycles. The quantitative estimate of drug-likeness (QED) is 0.727. The summed E-state index contributed by atoms with van der Waals surface area (Å²) in [6.07, 6.45) is 2.50. The fourth-order valence-corrected chi connectivity index (χ4v) is 2.27. The second kappa shape index (κ2) is 9.33. The maximum atomic E-state index is 12.6. The van der Waals surface area contributed by atoms with Gasteiger partial charge in [-0.25, -0.2) is 0 Å². The molecule has 8 heteroatoms. The normalized spacial score (nSPS) is 10.7. The Morgan fingerprint density at radius 2 is 1.89 bits per heavy atom. The highest BCUT2D eigenvalue weighted by molar-refractivity contribution is 6.03. The molecular weight excluding hydrogens is 358 g/mol. The predicted octanol–water partition coefficient (Wildman–Crippen LogP) is 3.31. The van der Waals surface area contributed by atoms with E-state index in [1.807, 2.05) is 0 Å². The standard InChI is InChI=1S/C19H18F2N2O4/c1-22-18(25)13-6-3-7-14(11-13)23-16(24)10-9-12-5-4-8-15(26-2)17(12)27-19(20)21/h3-11,19H,1-2H3,(H,22,25)(H,23,24)/b10-9+. The summed E-state index contributed by atoms with van der Waals surface area (Å²) < 4.78 is 34.7. The Bertz CT molecular complexity index is 853. The van der Waals surface area contributed by atoms with Crippen molar-refractivity contribution < 1.29 is 27.8 Å². The van der Waals surface area contributed by atoms with Crippen molar-refractivity contribution >= 4 is 23.6 Å². The van der Waals surface area contributed by atoms with E-state index in [2.05, 4.69) is 15.4 Å². The Morgan fingerprint density at radius 1 is 1.15 bits per heavy atom. The molecule has 27 heavy (non-hydrogen) atoms. The van der Waals surface area contributed by atoms with Crippen molar-refractivity contribution in [3.63, 3.8) is 0 Å². The molecule has 0 fully saturated rings. The van der Waals surface area contributed by atoms with Gasteiger partial charge in [0.2, 0.25) is 5.91 Å². The third kappa shape index (κ3) is 5.53. The second-order valence-corrected chi connectivity index (χ2v) is 5.24. The zero-order chi connectivity index (χ0) is 19.8. The minimum Gasteiger partial charge on any atom is -0.493 e. The molecule has 0 saturated heterocycles. The molecule has 0 spiro atoms. The van der Waals surface area contributed by atoms with Crippen LogP contribution in [0.4, 0.5) is 14.5 Å². The number of ether oxygens (including phenoxy) is 2. The number of carbonyl (C=O) groups is 2. The average Bonchev–Trinajstić information content (AvgIpc) is 2.66. The highest BCUT2D eigenvalue weighted by atomic mass is 19.3. The molecule has 0 aliphatic carbocycles. The zero-order valence-corrected chi connectivity index (χ0v) is 14.7. The van der Waals surface area contributed by atoms with E-state index in [0.29, 0.717) is 11.3 Å². The van der Waals surface area contributed by atoms with E-state index in [9.17, 15) is 18.4 Å². The van der Waals surface area contributed by atoms with Crippen LogP contribution in [0.1, 0.15) is 15.9 Å². The van der Waals surface area contributed by atoms with E-state index in [4.69, 9.17) is 4.74 Å². The van der Waals surface area contributed by atoms with Gasteiger partial charge in [-0.2, -0.15) is 8.78 Å². The lowest BCUT2D eigenvalue weighted by molar-refractivity contribution is -0.111. The average molecular weight is 376 g/mol. The first-order valence-electron chi connectivity index (χ1n) is 7.87. The number of hydrogen-bond donors (Lipinski definition) is 2. The number of nitrogens with one attached hydrogen (secondary N) is 2. The Balaban J connectivity index is 2.16. The topological polar surface area (TPSA) is 76.7 Å². The first kappa shape index (κ1) is 19.9. The van der Waals surface area contributed by atoms with Crippen LogP contribution in [0.25, 0.3) is 6.08 Å². The molecule has 0 atom stereocenters. The van der Waals surface area contributed by atoms with Crippen molar-refractivity contribution in [2.24, 2.45) is 0 Å². The summed E-state index contributed by atoms with van der Waals surface area (Å²) in [5.74, 6) is -0.835. The number of benzene rings is 2. The van der Waals surface area contributed by atoms with Gasteiger partial charge in [0.1, 0.15) is 0 Å². The van der Waals surface area contributed by atoms with Gasteiger partial charge in [-0.15, -0.1) is 0 Å². The molecule has 0 aliphatic heterocycles. The molecular formula is C19H18F2N2O4. The van der Waals surface area contributed by atoms with Gasteiger partial charge < -0.3 is 20.1 Å². The summed E-state index contributed by atoms with van der Waals surface area (Å²) in [6, 6.07) is 10.9. The number of rotatable bonds is 7. The lowest BCUT2D eigenvalue weighted by Crippen LogP contribution is -2.18. The maximum Gasteiger partial charge on any atom is 0.387 e. The van der Waals surface area contributed by atoms with Gasteiger partial charge in [-0.3, -0.25) is 9.59 Å². The summed E-state index contributed by atoms with van der Waals surface area (Å²) in [7, 11) is 2.83. The number of hydrogen-bond acceptors (Lipinski definition) is 4. The monoisotopic (exact) mass is 376 g/mol. The van der Waals surface area contributed by atoms with E-state index in [-0.39, 0.29) is 23.0 Å². The van der Waals surface area contributed by atoms with Crippen molar-refractivity contribution in [3.05, 3.63) is 59.7 Å². The molecule has 6 nitrogen and oxygen atoms in total. The number of para-hydroxylation sites is 1. The van der Waals surface area contributed by atoms with Gasteiger partial charge in [-0.05, 0) is 30.3 Å². The number of halogens is 2. The molecule has 0 saturated carbocycles. The summed E-state index contributed by atoms with van der Waals surface area (Å²) in [5.41, 5.74) is 1.06. The van der Waals surface area contributed by atoms with Crippen LogP contribution in [0.3, 0.4) is 0 Å². The summed E-state index contributed by atoms with van der Waals surface area (Å²) >= 11 is 0. The lowest BCUT2D eigenvalue weighted by atomic mass is 10.1. The molecule has 2 amide bonds. The van der Waals surface area contributed by atoms with Gasteiger partial charge in [0, 0.05) is 29.9 Å². The van der Waals surface area contributed by atoms with E-state index in [0.717, 1.165) is 0 Å². The second-order valence-electron chi connectivity index (χ2n) is 5.24. The van der Waals surface area contributed by atoms with Gasteiger partial charge in [0.15, 0.2) is 11.5 Å². The van der Waals surface area contributed by atoms with Gasteiger partial charge >= 0.3 is 6.61 Å². The number of methoxy groups -OCH3 is 1. The molecule has 0 aliphatic rings. The highest BCUT2D eigenvalue weighted by Crippen LogP contribution is 2.33. The Morgan fingerprint density at radius 3 is 2.56 bits per heavy atom. The SMILES string of the molecule is CNC(=O)c1cccc(NC(=O)/C=C/c2cccc(OC)c2OC(F)F)c1. The van der Waals surface area contributed by atoms with Crippen LogP contribution in [0.5, 0.6) is 11.5 Å². The van der Waals surface area contributed by atoms with Crippen molar-refractivity contribution in [2.75, 3.05) is 19.5 Å². The van der Waals surface area contributed by atoms with E-state index in [1.165, 1.54) is 44.5 Å². The first-order chi connectivity index (χ1) is 12.9. The van der Waals surface area contributed by atoms with E-state index >= 15 is 0 Å². The molecule has 0 bridgehead atoms. The minimum atomic E-state index is -3.03. The minimum absolute atomic E-state index is 0.121. The Labute approximate surface area is 154 Å². The summed E-state index contributed by atoms with van der Waals surface area (Å²) in [4.78, 5) is 23.7. The fourth-order valence-electron chi connectivity index (χ4n) is 2.27. The molecule has 0 heterocycles. The molecule has 2 aromatic carbocycles. The summed E-state index contributed by atoms with van der Waals surface area (Å²) in [5, 5.41) is 5.08. The van der Waals surface area contributed by atoms with Crippen LogP contribution in [0, 0.1) is 0 Å². The Hall–Kier alpha value is -3.42. The van der Waals surface area contributed by atoms with Crippen LogP contribution >= 0.6 is 0 Å². The van der Waals surface area contributed by atoms with Crippen LogP contribution in [0.15, 0.2) is 48.5 Å². The summed E-state index contributed by atoms with van der Waals surface area (Å²) in [6.45, 7) is -3.03. The van der Waals surface area contributed by atoms with Crippen LogP contribution in [0.2, 0.25) is 0 Å². The number of alkyl halides is 2. The van der Waals surface area contributed by atoms with Crippen molar-refractivity contribution in [2.45, 2.75) is 6.61 Å². The number of carbonyl (C=O) groups excluding carboxylic acids is 2. The maximum absolute atomic E-state index is 12.6. The lowest BCUT2D eigenvalue weighted by Gasteiger charge is -2.12. The first-order valence-corrected chi connectivity index (χ1v) is 7.87. The van der Waals surface area contributed by atoms with E-state index in [1.54, 1.807) is 24.3 Å². The van der Waals surface area contributed by atoms with Crippen molar-refractivity contribution in [3.8, 4) is 11.5 Å². The third-order valence-electron chi connectivity index (χ3n) is 3.47. The molecule has 2 N–H and O–H groups in total. The molecule has 0 unspecified atom stereocenters. The van der Waals surface area contributed by atoms with Gasteiger partial charge in [0.05, 0.1) is 7.11 Å². The Kier molecular flexibility index (Phi) is 6.87. The smallest absolute Gasteiger partial charge is 0.387 e. The number of amides is 2. The van der Waals surface area contributed by atoms with Crippen molar-refractivity contribution in [1.82, 2.24) is 5.32 Å². The molecule has 0 radical (unpaired) electrons. The molecule has 2 aromatic rings. The number of anilines is 1. The molecule has 2 rings (SSSR count). The van der Waals surface area contributed by atoms with Gasteiger partial charge in [-0.1, -0.05) is 18.2 Å². The fraction of sp³-hybridized carbons (Fsp3) is 0.158. The van der Waals surface area contributed by atoms with E-state index < -0.39 is 12.5 Å². The third-order valence-corrected chi connectivity index (χ3v) is 3.47. The van der Waals surface area contributed by atoms with Crippen LogP contribution in [-0.2, 0) is 4.79 Å². The zero-order valence-electron chi connectivity index (χ0n) is 14.7. The van der Waals surface area contributed by atoms with Crippen LogP contribution < -0.4 is 20.1 Å². The predicted molar refractivity (Wildman–Crippen MR) is 97.1 cm³/mol. The largest absolute Gasteiger partial charge is 0.493 e. The highest BCUT2D eigenvalue weighted by Gasteiger charge is 2.14. The van der Waals surface area contributed by atoms with Crippen LogP contribution in [-0.4, -0.2) is 32.6 Å². The van der Waals surface area contributed by atoms with Gasteiger partial charge in [0.25, 0.3) is 5.91 Å².